The highest BCUT2D eigenvalue weighted by Crippen LogP contribution is 2.17. The molecule has 0 radical (unpaired) electrons. The number of aliphatic hydroxyl groups excluding tert-OH is 1. The van der Waals surface area contributed by atoms with Gasteiger partial charge in [-0.2, -0.15) is 0 Å². The zero-order valence-electron chi connectivity index (χ0n) is 7.48. The maximum absolute atomic E-state index is 12.6. The van der Waals surface area contributed by atoms with Crippen LogP contribution in [-0.4, -0.2) is 18.1 Å². The third kappa shape index (κ3) is 3.13. The first kappa shape index (κ1) is 10.2. The smallest absolute Gasteiger partial charge is 0.222 e. The molecule has 0 bridgehead atoms. The van der Waals surface area contributed by atoms with Gasteiger partial charge in [0.1, 0.15) is 0 Å². The molecule has 1 aromatic rings. The Bertz CT molecular complexity index is 238. The van der Waals surface area contributed by atoms with E-state index in [0.717, 1.165) is 5.56 Å². The van der Waals surface area contributed by atoms with Crippen molar-refractivity contribution in [2.75, 3.05) is 6.61 Å². The molecule has 1 rings (SSSR count). The fourth-order valence-electron chi connectivity index (χ4n) is 1.07. The molecule has 3 heteroatoms. The van der Waals surface area contributed by atoms with Crippen LogP contribution < -0.4 is 0 Å². The molecule has 13 heavy (non-hydrogen) atoms. The molecule has 0 aliphatic heterocycles. The quantitative estimate of drug-likeness (QED) is 0.776. The molecule has 1 aromatic carbocycles. The average Bonchev–Trinajstić information content (AvgIpc) is 2.19. The lowest BCUT2D eigenvalue weighted by Crippen LogP contribution is -2.13. The van der Waals surface area contributed by atoms with Gasteiger partial charge in [0.05, 0.1) is 12.7 Å². The Morgan fingerprint density at radius 3 is 2.54 bits per heavy atom. The van der Waals surface area contributed by atoms with Gasteiger partial charge in [0.2, 0.25) is 6.36 Å². The summed E-state index contributed by atoms with van der Waals surface area (Å²) in [5.41, 5.74) is 0.901. The summed E-state index contributed by atoms with van der Waals surface area (Å²) in [6.45, 7) is 1.15. The fourth-order valence-corrected chi connectivity index (χ4v) is 1.07. The van der Waals surface area contributed by atoms with E-state index < -0.39 is 13.0 Å². The van der Waals surface area contributed by atoms with Gasteiger partial charge in [-0.25, -0.2) is 4.39 Å². The number of aliphatic hydroxyl groups is 1. The lowest BCUT2D eigenvalue weighted by molar-refractivity contribution is -0.105. The Morgan fingerprint density at radius 2 is 2.00 bits per heavy atom. The number of ether oxygens (including phenoxy) is 1. The SMILES string of the molecule is CC(OC(F)CO)c1ccccc1. The van der Waals surface area contributed by atoms with Gasteiger partial charge in [0, 0.05) is 0 Å². The van der Waals surface area contributed by atoms with Crippen LogP contribution in [0.1, 0.15) is 18.6 Å². The summed E-state index contributed by atoms with van der Waals surface area (Å²) in [7, 11) is 0. The zero-order chi connectivity index (χ0) is 9.68. The van der Waals surface area contributed by atoms with E-state index in [2.05, 4.69) is 0 Å². The second-order valence-corrected chi connectivity index (χ2v) is 2.78. The van der Waals surface area contributed by atoms with E-state index in [4.69, 9.17) is 9.84 Å². The molecule has 1 N–H and O–H groups in total. The molecule has 0 saturated heterocycles. The van der Waals surface area contributed by atoms with Crippen LogP contribution in [0.25, 0.3) is 0 Å². The number of halogens is 1. The Kier molecular flexibility index (Phi) is 3.86. The molecule has 0 heterocycles. The topological polar surface area (TPSA) is 29.5 Å². The standard InChI is InChI=1S/C10H13FO2/c1-8(13-10(11)7-12)9-5-3-2-4-6-9/h2-6,8,10,12H,7H2,1H3. The molecule has 0 aliphatic rings. The maximum atomic E-state index is 12.6. The van der Waals surface area contributed by atoms with Crippen LogP contribution >= 0.6 is 0 Å². The van der Waals surface area contributed by atoms with Gasteiger partial charge in [-0.05, 0) is 12.5 Å². The maximum Gasteiger partial charge on any atom is 0.222 e. The van der Waals surface area contributed by atoms with Crippen LogP contribution in [0, 0.1) is 0 Å². The van der Waals surface area contributed by atoms with E-state index in [9.17, 15) is 4.39 Å². The van der Waals surface area contributed by atoms with Crippen molar-refractivity contribution in [3.8, 4) is 0 Å². The van der Waals surface area contributed by atoms with Crippen molar-refractivity contribution < 1.29 is 14.2 Å². The molecule has 2 atom stereocenters. The number of hydrogen-bond donors (Lipinski definition) is 1. The van der Waals surface area contributed by atoms with Crippen LogP contribution in [-0.2, 0) is 4.74 Å². The predicted molar refractivity (Wildman–Crippen MR) is 47.9 cm³/mol. The first-order valence-corrected chi connectivity index (χ1v) is 4.19. The van der Waals surface area contributed by atoms with E-state index >= 15 is 0 Å². The van der Waals surface area contributed by atoms with Crippen molar-refractivity contribution in [3.05, 3.63) is 35.9 Å². The third-order valence-corrected chi connectivity index (χ3v) is 1.76. The van der Waals surface area contributed by atoms with Crippen molar-refractivity contribution in [3.63, 3.8) is 0 Å². The molecular weight excluding hydrogens is 171 g/mol. The van der Waals surface area contributed by atoms with Gasteiger partial charge < -0.3 is 9.84 Å². The molecule has 2 nitrogen and oxygen atoms in total. The van der Waals surface area contributed by atoms with E-state index in [1.807, 2.05) is 30.3 Å². The highest BCUT2D eigenvalue weighted by molar-refractivity contribution is 5.16. The highest BCUT2D eigenvalue weighted by Gasteiger charge is 2.11. The second kappa shape index (κ2) is 4.94. The normalized spacial score (nSPS) is 15.3. The molecule has 0 aliphatic carbocycles. The van der Waals surface area contributed by atoms with Gasteiger partial charge >= 0.3 is 0 Å². The Balaban J connectivity index is 2.53. The second-order valence-electron chi connectivity index (χ2n) is 2.78. The molecule has 0 spiro atoms. The summed E-state index contributed by atoms with van der Waals surface area (Å²) in [4.78, 5) is 0. The van der Waals surface area contributed by atoms with Gasteiger partial charge in [-0.15, -0.1) is 0 Å². The zero-order valence-corrected chi connectivity index (χ0v) is 7.48. The summed E-state index contributed by atoms with van der Waals surface area (Å²) in [5.74, 6) is 0. The number of rotatable bonds is 4. The summed E-state index contributed by atoms with van der Waals surface area (Å²) in [6.07, 6.45) is -1.93. The molecule has 0 amide bonds. The minimum absolute atomic E-state index is 0.330. The molecule has 0 fully saturated rings. The van der Waals surface area contributed by atoms with Crippen molar-refractivity contribution in [2.24, 2.45) is 0 Å². The lowest BCUT2D eigenvalue weighted by atomic mass is 10.1. The van der Waals surface area contributed by atoms with Crippen molar-refractivity contribution in [1.82, 2.24) is 0 Å². The van der Waals surface area contributed by atoms with E-state index in [1.165, 1.54) is 0 Å². The highest BCUT2D eigenvalue weighted by atomic mass is 19.1. The van der Waals surface area contributed by atoms with Gasteiger partial charge in [-0.1, -0.05) is 30.3 Å². The molecule has 2 unspecified atom stereocenters. The first-order chi connectivity index (χ1) is 6.24. The van der Waals surface area contributed by atoms with Crippen LogP contribution in [0.2, 0.25) is 0 Å². The van der Waals surface area contributed by atoms with Gasteiger partial charge in [-0.3, -0.25) is 0 Å². The molecule has 0 aromatic heterocycles. The monoisotopic (exact) mass is 184 g/mol. The minimum atomic E-state index is -1.60. The van der Waals surface area contributed by atoms with Crippen molar-refractivity contribution in [2.45, 2.75) is 19.4 Å². The Hall–Kier alpha value is -0.930. The summed E-state index contributed by atoms with van der Waals surface area (Å²) in [5, 5.41) is 8.43. The Morgan fingerprint density at radius 1 is 1.38 bits per heavy atom. The molecule has 0 saturated carbocycles. The largest absolute Gasteiger partial charge is 0.391 e. The van der Waals surface area contributed by atoms with E-state index in [0.29, 0.717) is 0 Å². The summed E-state index contributed by atoms with van der Waals surface area (Å²) in [6, 6.07) is 9.32. The Labute approximate surface area is 77.0 Å². The third-order valence-electron chi connectivity index (χ3n) is 1.76. The first-order valence-electron chi connectivity index (χ1n) is 4.19. The number of benzene rings is 1. The van der Waals surface area contributed by atoms with Gasteiger partial charge in [0.15, 0.2) is 0 Å². The molecular formula is C10H13FO2. The lowest BCUT2D eigenvalue weighted by Gasteiger charge is -2.14. The predicted octanol–water partition coefficient (Wildman–Crippen LogP) is 2.05. The number of hydrogen-bond acceptors (Lipinski definition) is 2. The number of alkyl halides is 1. The van der Waals surface area contributed by atoms with Crippen LogP contribution in [0.4, 0.5) is 4.39 Å². The van der Waals surface area contributed by atoms with Crippen LogP contribution in [0.15, 0.2) is 30.3 Å². The van der Waals surface area contributed by atoms with Gasteiger partial charge in [0.25, 0.3) is 0 Å². The van der Waals surface area contributed by atoms with Crippen molar-refractivity contribution in [1.29, 1.82) is 0 Å². The summed E-state index contributed by atoms with van der Waals surface area (Å²) < 4.78 is 17.5. The van der Waals surface area contributed by atoms with Crippen LogP contribution in [0.5, 0.6) is 0 Å². The average molecular weight is 184 g/mol. The van der Waals surface area contributed by atoms with E-state index in [1.54, 1.807) is 6.92 Å². The summed E-state index contributed by atoms with van der Waals surface area (Å²) >= 11 is 0. The minimum Gasteiger partial charge on any atom is -0.391 e. The fraction of sp³-hybridized carbons (Fsp3) is 0.400. The van der Waals surface area contributed by atoms with Crippen LogP contribution in [0.3, 0.4) is 0 Å². The molecule has 72 valence electrons. The van der Waals surface area contributed by atoms with E-state index in [-0.39, 0.29) is 6.10 Å². The van der Waals surface area contributed by atoms with Crippen molar-refractivity contribution >= 4 is 0 Å².